The molecule has 10 heteroatoms. The van der Waals surface area contributed by atoms with Gasteiger partial charge >= 0.3 is 5.97 Å². The molecule has 0 saturated heterocycles. The number of esters is 1. The predicted molar refractivity (Wildman–Crippen MR) is 144 cm³/mol. The van der Waals surface area contributed by atoms with Crippen molar-refractivity contribution < 1.29 is 14.3 Å². The molecule has 0 spiro atoms. The molecule has 0 saturated carbocycles. The Hall–Kier alpha value is -2.98. The minimum Gasteiger partial charge on any atom is -0.462 e. The van der Waals surface area contributed by atoms with Crippen LogP contribution in [0.1, 0.15) is 32.5 Å². The molecular weight excluding hydrogens is 522 g/mol. The van der Waals surface area contributed by atoms with Gasteiger partial charge in [-0.15, -0.1) is 22.7 Å². The summed E-state index contributed by atoms with van der Waals surface area (Å²) in [5.41, 5.74) is 8.52. The highest BCUT2D eigenvalue weighted by molar-refractivity contribution is 7.99. The van der Waals surface area contributed by atoms with Crippen LogP contribution >= 0.6 is 46.0 Å². The molecule has 1 amide bonds. The van der Waals surface area contributed by atoms with E-state index in [0.717, 1.165) is 30.2 Å². The van der Waals surface area contributed by atoms with Crippen molar-refractivity contribution in [2.45, 2.75) is 23.6 Å². The van der Waals surface area contributed by atoms with Gasteiger partial charge in [0.15, 0.2) is 0 Å². The van der Waals surface area contributed by atoms with Crippen LogP contribution in [-0.2, 0) is 4.74 Å². The first-order chi connectivity index (χ1) is 16.9. The normalized spacial score (nSPS) is 10.7. The van der Waals surface area contributed by atoms with Gasteiger partial charge in [0, 0.05) is 22.2 Å². The molecule has 6 nitrogen and oxygen atoms in total. The summed E-state index contributed by atoms with van der Waals surface area (Å²) in [6.45, 7) is 4.15. The number of carbonyl (C=O) groups excluding carboxylic acids is 2. The quantitative estimate of drug-likeness (QED) is 0.241. The predicted octanol–water partition coefficient (Wildman–Crippen LogP) is 6.98. The maximum atomic E-state index is 11.5. The van der Waals surface area contributed by atoms with E-state index in [4.69, 9.17) is 22.1 Å². The number of hydrogen-bond donors (Lipinski definition) is 1. The van der Waals surface area contributed by atoms with Crippen LogP contribution in [0.5, 0.6) is 0 Å². The van der Waals surface area contributed by atoms with E-state index in [1.165, 1.54) is 34.4 Å². The third kappa shape index (κ3) is 5.82. The zero-order valence-electron chi connectivity index (χ0n) is 18.8. The minimum atomic E-state index is -0.426. The maximum absolute atomic E-state index is 11.5. The molecule has 0 radical (unpaired) electrons. The number of pyridine rings is 2. The standard InChI is InChI=1S/C15H12N2OS2.C10H8ClNO2S/c1-9-2-4-10(5-3-9)19-12-6-7-17-11-8-13(15(16)18)20-14(11)12;1-2-14-10(13)6-5-12-7-3-4-15-9(7)8(6)11/h2-8H,1H3,(H2,16,18);3-5H,2H2,1H3. The summed E-state index contributed by atoms with van der Waals surface area (Å²) in [5, 5.41) is 2.31. The van der Waals surface area contributed by atoms with Crippen molar-refractivity contribution in [3.8, 4) is 0 Å². The maximum Gasteiger partial charge on any atom is 0.341 e. The topological polar surface area (TPSA) is 95.2 Å². The molecule has 4 heterocycles. The molecule has 0 atom stereocenters. The minimum absolute atomic E-state index is 0.327. The summed E-state index contributed by atoms with van der Waals surface area (Å²) in [7, 11) is 0. The number of nitrogens with two attached hydrogens (primary N) is 1. The first kappa shape index (κ1) is 25.1. The second kappa shape index (κ2) is 11.2. The number of halogens is 1. The molecule has 0 bridgehead atoms. The zero-order chi connectivity index (χ0) is 24.9. The molecule has 0 fully saturated rings. The van der Waals surface area contributed by atoms with Crippen molar-refractivity contribution in [2.75, 3.05) is 6.61 Å². The van der Waals surface area contributed by atoms with Crippen LogP contribution < -0.4 is 5.73 Å². The van der Waals surface area contributed by atoms with E-state index < -0.39 is 11.9 Å². The van der Waals surface area contributed by atoms with Crippen molar-refractivity contribution in [3.05, 3.63) is 81.3 Å². The molecule has 5 aromatic rings. The third-order valence-corrected chi connectivity index (χ3v) is 8.57. The summed E-state index contributed by atoms with van der Waals surface area (Å²) in [4.78, 5) is 34.0. The average Bonchev–Trinajstić information content (AvgIpc) is 3.50. The monoisotopic (exact) mass is 541 g/mol. The smallest absolute Gasteiger partial charge is 0.341 e. The second-order valence-electron chi connectivity index (χ2n) is 7.25. The van der Waals surface area contributed by atoms with Crippen molar-refractivity contribution in [1.29, 1.82) is 0 Å². The first-order valence-corrected chi connectivity index (χ1v) is 13.4. The van der Waals surface area contributed by atoms with E-state index in [2.05, 4.69) is 41.2 Å². The van der Waals surface area contributed by atoms with E-state index in [-0.39, 0.29) is 0 Å². The largest absolute Gasteiger partial charge is 0.462 e. The highest BCUT2D eigenvalue weighted by Crippen LogP contribution is 2.37. The Morgan fingerprint density at radius 2 is 1.86 bits per heavy atom. The van der Waals surface area contributed by atoms with Gasteiger partial charge in [0.1, 0.15) is 0 Å². The Balaban J connectivity index is 0.000000172. The van der Waals surface area contributed by atoms with Crippen molar-refractivity contribution in [2.24, 2.45) is 5.73 Å². The number of nitrogens with zero attached hydrogens (tertiary/aromatic N) is 2. The summed E-state index contributed by atoms with van der Waals surface area (Å²) in [6.07, 6.45) is 3.21. The molecule has 0 aliphatic rings. The number of amides is 1. The lowest BCUT2D eigenvalue weighted by molar-refractivity contribution is 0.0526. The number of aryl methyl sites for hydroxylation is 1. The van der Waals surface area contributed by atoms with Gasteiger partial charge in [-0.2, -0.15) is 0 Å². The molecule has 5 rings (SSSR count). The molecule has 0 aliphatic heterocycles. The molecule has 0 unspecified atom stereocenters. The molecule has 0 aliphatic carbocycles. The molecule has 4 aromatic heterocycles. The van der Waals surface area contributed by atoms with Gasteiger partial charge in [-0.25, -0.2) is 4.79 Å². The average molecular weight is 542 g/mol. The van der Waals surface area contributed by atoms with Crippen LogP contribution in [0.4, 0.5) is 0 Å². The van der Waals surface area contributed by atoms with Crippen molar-refractivity contribution >= 4 is 78.3 Å². The fourth-order valence-corrected chi connectivity index (χ4v) is 6.21. The van der Waals surface area contributed by atoms with Gasteiger partial charge in [0.25, 0.3) is 5.91 Å². The van der Waals surface area contributed by atoms with Crippen LogP contribution in [0.15, 0.2) is 70.0 Å². The summed E-state index contributed by atoms with van der Waals surface area (Å²) >= 11 is 10.6. The Labute approximate surface area is 219 Å². The fourth-order valence-electron chi connectivity index (χ4n) is 3.08. The molecule has 35 heavy (non-hydrogen) atoms. The number of thiophene rings is 2. The zero-order valence-corrected chi connectivity index (χ0v) is 22.0. The lowest BCUT2D eigenvalue weighted by Crippen LogP contribution is -2.08. The fraction of sp³-hybridized carbons (Fsp3) is 0.120. The van der Waals surface area contributed by atoms with Crippen molar-refractivity contribution in [3.63, 3.8) is 0 Å². The van der Waals surface area contributed by atoms with E-state index in [1.807, 2.05) is 17.5 Å². The SMILES string of the molecule is CCOC(=O)c1cnc2ccsc2c1Cl.Cc1ccc(Sc2ccnc3cc(C(N)=O)sc23)cc1. The number of fused-ring (bicyclic) bond motifs is 2. The number of rotatable bonds is 5. The van der Waals surface area contributed by atoms with E-state index in [9.17, 15) is 9.59 Å². The number of benzene rings is 1. The Bertz CT molecular complexity index is 1510. The van der Waals surface area contributed by atoms with Gasteiger partial charge in [-0.1, -0.05) is 41.1 Å². The number of hydrogen-bond acceptors (Lipinski definition) is 8. The van der Waals surface area contributed by atoms with Crippen LogP contribution in [0.25, 0.3) is 20.4 Å². The van der Waals surface area contributed by atoms with Crippen LogP contribution in [0.3, 0.4) is 0 Å². The van der Waals surface area contributed by atoms with Crippen LogP contribution in [-0.4, -0.2) is 28.5 Å². The summed E-state index contributed by atoms with van der Waals surface area (Å²) < 4.78 is 6.70. The van der Waals surface area contributed by atoms with E-state index in [0.29, 0.717) is 22.1 Å². The highest BCUT2D eigenvalue weighted by Gasteiger charge is 2.15. The van der Waals surface area contributed by atoms with Gasteiger partial charge in [0.05, 0.1) is 42.5 Å². The Morgan fingerprint density at radius 3 is 2.57 bits per heavy atom. The number of carbonyl (C=O) groups is 2. The van der Waals surface area contributed by atoms with E-state index in [1.54, 1.807) is 30.9 Å². The van der Waals surface area contributed by atoms with Crippen LogP contribution in [0, 0.1) is 6.92 Å². The second-order valence-corrected chi connectivity index (χ2v) is 10.7. The van der Waals surface area contributed by atoms with Crippen LogP contribution in [0.2, 0.25) is 5.02 Å². The van der Waals surface area contributed by atoms with Gasteiger partial charge in [0.2, 0.25) is 0 Å². The molecule has 2 N–H and O–H groups in total. The van der Waals surface area contributed by atoms with Crippen molar-refractivity contribution in [1.82, 2.24) is 9.97 Å². The first-order valence-electron chi connectivity index (χ1n) is 10.5. The lowest BCUT2D eigenvalue weighted by atomic mass is 10.2. The Morgan fingerprint density at radius 1 is 1.09 bits per heavy atom. The van der Waals surface area contributed by atoms with Gasteiger partial charge in [-0.05, 0) is 49.6 Å². The summed E-state index contributed by atoms with van der Waals surface area (Å²) in [6, 6.07) is 13.9. The number of ether oxygens (including phenoxy) is 1. The third-order valence-electron chi connectivity index (χ3n) is 4.78. The van der Waals surface area contributed by atoms with Gasteiger partial charge < -0.3 is 10.5 Å². The Kier molecular flexibility index (Phi) is 8.02. The number of aromatic nitrogens is 2. The number of primary amides is 1. The summed E-state index contributed by atoms with van der Waals surface area (Å²) in [5.74, 6) is -0.829. The molecular formula is C25H20ClN3O3S3. The van der Waals surface area contributed by atoms with Gasteiger partial charge in [-0.3, -0.25) is 14.8 Å². The lowest BCUT2D eigenvalue weighted by Gasteiger charge is -2.03. The van der Waals surface area contributed by atoms with E-state index >= 15 is 0 Å². The molecule has 178 valence electrons. The molecule has 1 aromatic carbocycles. The highest BCUT2D eigenvalue weighted by atomic mass is 35.5.